The van der Waals surface area contributed by atoms with Crippen LogP contribution in [0.1, 0.15) is 36.0 Å². The molecule has 2 N–H and O–H groups in total. The number of H-pyrrole nitrogens is 1. The first kappa shape index (κ1) is 21.1. The molecule has 1 fully saturated rings. The van der Waals surface area contributed by atoms with Crippen LogP contribution in [0.4, 0.5) is 5.69 Å². The van der Waals surface area contributed by atoms with E-state index in [4.69, 9.17) is 9.15 Å². The zero-order chi connectivity index (χ0) is 22.2. The van der Waals surface area contributed by atoms with Gasteiger partial charge < -0.3 is 19.5 Å². The zero-order valence-electron chi connectivity index (χ0n) is 17.2. The van der Waals surface area contributed by atoms with Crippen LogP contribution in [-0.2, 0) is 19.6 Å². The third kappa shape index (κ3) is 4.08. The molecule has 1 saturated heterocycles. The van der Waals surface area contributed by atoms with Crippen LogP contribution in [-0.4, -0.2) is 48.8 Å². The number of benzene rings is 1. The van der Waals surface area contributed by atoms with Crippen LogP contribution in [0.3, 0.4) is 0 Å². The summed E-state index contributed by atoms with van der Waals surface area (Å²) in [4.78, 5) is 27.9. The Morgan fingerprint density at radius 3 is 2.84 bits per heavy atom. The number of aromatic amines is 1. The number of hydrogen-bond donors (Lipinski definition) is 2. The highest BCUT2D eigenvalue weighted by Crippen LogP contribution is 2.29. The number of carbonyl (C=O) groups is 2. The maximum atomic E-state index is 13.1. The van der Waals surface area contributed by atoms with E-state index >= 15 is 0 Å². The highest BCUT2D eigenvalue weighted by molar-refractivity contribution is 7.89. The lowest BCUT2D eigenvalue weighted by atomic mass is 10.2. The lowest BCUT2D eigenvalue weighted by Gasteiger charge is -2.22. The van der Waals surface area contributed by atoms with E-state index in [-0.39, 0.29) is 24.0 Å². The quantitative estimate of drug-likeness (QED) is 0.563. The number of amides is 1. The summed E-state index contributed by atoms with van der Waals surface area (Å²) in [5.41, 5.74) is 2.55. The summed E-state index contributed by atoms with van der Waals surface area (Å²) in [7, 11) is -4.09. The SMILES string of the molecule is CCOC(=O)c1ccc(S(=O)(=O)N2CCCC2C(=O)Nc2ccc3[nH]c(C)cc3c2)o1. The molecule has 3 heterocycles. The minimum atomic E-state index is -4.09. The largest absolute Gasteiger partial charge is 0.460 e. The Morgan fingerprint density at radius 1 is 1.26 bits per heavy atom. The van der Waals surface area contributed by atoms with E-state index in [1.54, 1.807) is 13.0 Å². The van der Waals surface area contributed by atoms with Crippen LogP contribution in [0.5, 0.6) is 0 Å². The topological polar surface area (TPSA) is 122 Å². The first-order valence-electron chi connectivity index (χ1n) is 9.98. The highest BCUT2D eigenvalue weighted by Gasteiger charge is 2.41. The second kappa shape index (κ2) is 8.20. The number of aryl methyl sites for hydroxylation is 1. The minimum Gasteiger partial charge on any atom is -0.460 e. The molecule has 0 aliphatic carbocycles. The molecule has 3 aromatic rings. The highest BCUT2D eigenvalue weighted by atomic mass is 32.2. The van der Waals surface area contributed by atoms with Gasteiger partial charge in [-0.15, -0.1) is 0 Å². The van der Waals surface area contributed by atoms with E-state index in [1.807, 2.05) is 25.1 Å². The number of furan rings is 1. The van der Waals surface area contributed by atoms with E-state index < -0.39 is 27.9 Å². The van der Waals surface area contributed by atoms with Gasteiger partial charge in [-0.1, -0.05) is 0 Å². The number of fused-ring (bicyclic) bond motifs is 1. The molecule has 0 saturated carbocycles. The van der Waals surface area contributed by atoms with Crippen LogP contribution in [0.2, 0.25) is 0 Å². The molecule has 0 radical (unpaired) electrons. The van der Waals surface area contributed by atoms with Crippen LogP contribution >= 0.6 is 0 Å². The van der Waals surface area contributed by atoms with Gasteiger partial charge >= 0.3 is 5.97 Å². The van der Waals surface area contributed by atoms with E-state index in [0.717, 1.165) is 20.9 Å². The molecule has 1 amide bonds. The summed E-state index contributed by atoms with van der Waals surface area (Å²) < 4.78 is 37.3. The Morgan fingerprint density at radius 2 is 2.06 bits per heavy atom. The second-order valence-electron chi connectivity index (χ2n) is 7.36. The fourth-order valence-corrected chi connectivity index (χ4v) is 5.33. The first-order valence-corrected chi connectivity index (χ1v) is 11.4. The van der Waals surface area contributed by atoms with E-state index in [1.165, 1.54) is 12.1 Å². The molecule has 1 aromatic carbocycles. The van der Waals surface area contributed by atoms with Gasteiger partial charge in [0, 0.05) is 28.8 Å². The first-order chi connectivity index (χ1) is 14.8. The second-order valence-corrected chi connectivity index (χ2v) is 9.18. The van der Waals surface area contributed by atoms with Gasteiger partial charge in [0.15, 0.2) is 0 Å². The molecule has 1 unspecified atom stereocenters. The van der Waals surface area contributed by atoms with Crippen molar-refractivity contribution < 1.29 is 27.2 Å². The molecule has 4 rings (SSSR count). The molecule has 31 heavy (non-hydrogen) atoms. The summed E-state index contributed by atoms with van der Waals surface area (Å²) in [6.07, 6.45) is 0.931. The fourth-order valence-electron chi connectivity index (χ4n) is 3.76. The van der Waals surface area contributed by atoms with Crippen LogP contribution in [0, 0.1) is 6.92 Å². The monoisotopic (exact) mass is 445 g/mol. The lowest BCUT2D eigenvalue weighted by Crippen LogP contribution is -2.43. The van der Waals surface area contributed by atoms with Gasteiger partial charge in [0.1, 0.15) is 6.04 Å². The molecular formula is C21H23N3O6S. The Hall–Kier alpha value is -3.11. The van der Waals surface area contributed by atoms with Crippen molar-refractivity contribution in [3.8, 4) is 0 Å². The van der Waals surface area contributed by atoms with Crippen LogP contribution < -0.4 is 5.32 Å². The molecule has 9 nitrogen and oxygen atoms in total. The van der Waals surface area contributed by atoms with Gasteiger partial charge in [-0.2, -0.15) is 4.31 Å². The van der Waals surface area contributed by atoms with Gasteiger partial charge in [0.2, 0.25) is 16.8 Å². The lowest BCUT2D eigenvalue weighted by molar-refractivity contribution is -0.119. The zero-order valence-corrected chi connectivity index (χ0v) is 18.0. The molecule has 1 aliphatic heterocycles. The fraction of sp³-hybridized carbons (Fsp3) is 0.333. The van der Waals surface area contributed by atoms with Crippen LogP contribution in [0.15, 0.2) is 45.9 Å². The number of esters is 1. The van der Waals surface area contributed by atoms with Gasteiger partial charge in [-0.3, -0.25) is 4.79 Å². The summed E-state index contributed by atoms with van der Waals surface area (Å²) >= 11 is 0. The summed E-state index contributed by atoms with van der Waals surface area (Å²) in [5.74, 6) is -1.35. The van der Waals surface area contributed by atoms with Crippen molar-refractivity contribution in [2.45, 2.75) is 37.8 Å². The molecule has 1 aliphatic rings. The van der Waals surface area contributed by atoms with Crippen molar-refractivity contribution in [2.24, 2.45) is 0 Å². The van der Waals surface area contributed by atoms with Crippen molar-refractivity contribution in [2.75, 3.05) is 18.5 Å². The Labute approximate surface area is 179 Å². The van der Waals surface area contributed by atoms with Crippen LogP contribution in [0.25, 0.3) is 10.9 Å². The number of nitrogens with zero attached hydrogens (tertiary/aromatic N) is 1. The predicted octanol–water partition coefficient (Wildman–Crippen LogP) is 3.04. The Balaban J connectivity index is 1.53. The molecule has 2 aromatic heterocycles. The average molecular weight is 445 g/mol. The molecule has 164 valence electrons. The maximum absolute atomic E-state index is 13.1. The molecule has 10 heteroatoms. The predicted molar refractivity (Wildman–Crippen MR) is 113 cm³/mol. The number of aromatic nitrogens is 1. The number of nitrogens with one attached hydrogen (secondary N) is 2. The summed E-state index contributed by atoms with van der Waals surface area (Å²) in [6.45, 7) is 3.92. The van der Waals surface area contributed by atoms with E-state index in [0.29, 0.717) is 18.5 Å². The number of anilines is 1. The van der Waals surface area contributed by atoms with Crippen molar-refractivity contribution in [3.63, 3.8) is 0 Å². The Kier molecular flexibility index (Phi) is 5.59. The number of hydrogen-bond acceptors (Lipinski definition) is 6. The molecular weight excluding hydrogens is 422 g/mol. The van der Waals surface area contributed by atoms with Crippen molar-refractivity contribution in [1.82, 2.24) is 9.29 Å². The third-order valence-corrected chi connectivity index (χ3v) is 6.93. The number of sulfonamides is 1. The number of ether oxygens (including phenoxy) is 1. The van der Waals surface area contributed by atoms with Gasteiger partial charge in [-0.05, 0) is 63.1 Å². The maximum Gasteiger partial charge on any atom is 0.374 e. The number of carbonyl (C=O) groups excluding carboxylic acids is 2. The molecule has 1 atom stereocenters. The average Bonchev–Trinajstić information content (AvgIpc) is 3.46. The minimum absolute atomic E-state index is 0.143. The molecule has 0 spiro atoms. The number of rotatable bonds is 6. The van der Waals surface area contributed by atoms with Crippen molar-refractivity contribution in [1.29, 1.82) is 0 Å². The Bertz CT molecular complexity index is 1240. The normalized spacial score (nSPS) is 17.2. The van der Waals surface area contributed by atoms with E-state index in [2.05, 4.69) is 10.3 Å². The van der Waals surface area contributed by atoms with Crippen molar-refractivity contribution >= 4 is 38.5 Å². The van der Waals surface area contributed by atoms with Crippen molar-refractivity contribution in [3.05, 3.63) is 47.9 Å². The summed E-state index contributed by atoms with van der Waals surface area (Å²) in [6, 6.07) is 9.02. The third-order valence-electron chi connectivity index (χ3n) is 5.15. The van der Waals surface area contributed by atoms with E-state index in [9.17, 15) is 18.0 Å². The smallest absolute Gasteiger partial charge is 0.374 e. The summed E-state index contributed by atoms with van der Waals surface area (Å²) in [5, 5.41) is 3.38. The van der Waals surface area contributed by atoms with Gasteiger partial charge in [0.05, 0.1) is 6.61 Å². The van der Waals surface area contributed by atoms with Gasteiger partial charge in [-0.25, -0.2) is 13.2 Å². The molecule has 0 bridgehead atoms. The standard InChI is InChI=1S/C21H23N3O6S/c1-3-29-21(26)18-8-9-19(30-18)31(27,28)24-10-4-5-17(24)20(25)23-15-6-7-16-14(12-15)11-13(2)22-16/h6-9,11-12,17,22H,3-5,10H2,1-2H3,(H,23,25). The van der Waals surface area contributed by atoms with Gasteiger partial charge in [0.25, 0.3) is 10.0 Å².